The lowest BCUT2D eigenvalue weighted by Crippen LogP contribution is -2.70. The number of nitrogens with zero attached hydrogens (tertiary/aromatic N) is 1. The van der Waals surface area contributed by atoms with Gasteiger partial charge in [-0.3, -0.25) is 14.5 Å². The number of morpholine rings is 1. The fourth-order valence-corrected chi connectivity index (χ4v) is 13.8. The molecule has 7 fully saturated rings. The second-order valence-electron chi connectivity index (χ2n) is 18.8. The summed E-state index contributed by atoms with van der Waals surface area (Å²) in [6.45, 7) is 14.4. The average molecular weight is 707 g/mol. The summed E-state index contributed by atoms with van der Waals surface area (Å²) in [7, 11) is 0. The molecule has 12 heteroatoms. The van der Waals surface area contributed by atoms with E-state index < -0.39 is 66.4 Å². The van der Waals surface area contributed by atoms with Crippen LogP contribution in [0.25, 0.3) is 0 Å². The number of aliphatic hydroxyl groups excluding tert-OH is 2. The van der Waals surface area contributed by atoms with Crippen molar-refractivity contribution in [3.63, 3.8) is 0 Å². The summed E-state index contributed by atoms with van der Waals surface area (Å²) in [5, 5.41) is 42.8. The number of carboxylic acids is 1. The van der Waals surface area contributed by atoms with Crippen LogP contribution >= 0.6 is 0 Å². The minimum atomic E-state index is -1.31. The molecule has 15 atom stereocenters. The van der Waals surface area contributed by atoms with Gasteiger partial charge in [-0.2, -0.15) is 0 Å². The van der Waals surface area contributed by atoms with E-state index in [4.69, 9.17) is 24.7 Å². The van der Waals surface area contributed by atoms with Crippen LogP contribution in [-0.4, -0.2) is 118 Å². The second-order valence-corrected chi connectivity index (χ2v) is 18.8. The first-order chi connectivity index (χ1) is 23.3. The number of carboxylic acid groups (broad SMARTS) is 1. The first-order valence-corrected chi connectivity index (χ1v) is 19.2. The van der Waals surface area contributed by atoms with Crippen LogP contribution in [0.1, 0.15) is 99.8 Å². The molecule has 284 valence electrons. The maximum atomic E-state index is 12.4. The van der Waals surface area contributed by atoms with Crippen LogP contribution in [0.5, 0.6) is 0 Å². The molecule has 0 aromatic carbocycles. The average Bonchev–Trinajstić information content (AvgIpc) is 3.65. The van der Waals surface area contributed by atoms with Crippen molar-refractivity contribution in [2.75, 3.05) is 26.3 Å². The zero-order valence-corrected chi connectivity index (χ0v) is 31.1. The van der Waals surface area contributed by atoms with Crippen molar-refractivity contribution in [3.05, 3.63) is 0 Å². The first kappa shape index (κ1) is 37.0. The molecule has 5 saturated carbocycles. The Bertz CT molecular complexity index is 1350. The maximum Gasteiger partial charge on any atom is 0.323 e. The quantitative estimate of drug-likeness (QED) is 0.233. The Hall–Kier alpha value is -1.38. The Morgan fingerprint density at radius 2 is 1.76 bits per heavy atom. The third kappa shape index (κ3) is 5.05. The molecule has 7 aliphatic rings. The van der Waals surface area contributed by atoms with Gasteiger partial charge >= 0.3 is 11.9 Å². The van der Waals surface area contributed by atoms with Gasteiger partial charge in [0.1, 0.15) is 6.04 Å². The smallest absolute Gasteiger partial charge is 0.323 e. The molecule has 2 heterocycles. The van der Waals surface area contributed by atoms with Gasteiger partial charge in [-0.25, -0.2) is 0 Å². The van der Waals surface area contributed by atoms with E-state index in [2.05, 4.69) is 27.7 Å². The van der Waals surface area contributed by atoms with Gasteiger partial charge in [-0.05, 0) is 111 Å². The monoisotopic (exact) mass is 706 g/mol. The van der Waals surface area contributed by atoms with Crippen molar-refractivity contribution in [2.45, 2.75) is 154 Å². The fraction of sp³-hybridized carbons (Fsp3) is 0.947. The molecule has 7 unspecified atom stereocenters. The molecule has 0 bridgehead atoms. The maximum absolute atomic E-state index is 12.4. The van der Waals surface area contributed by atoms with Gasteiger partial charge < -0.3 is 45.1 Å². The minimum Gasteiger partial charge on any atom is -0.480 e. The number of carbonyl (C=O) groups excluding carboxylic acids is 1. The van der Waals surface area contributed by atoms with Crippen molar-refractivity contribution < 1.29 is 49.0 Å². The van der Waals surface area contributed by atoms with E-state index >= 15 is 0 Å². The van der Waals surface area contributed by atoms with E-state index in [-0.39, 0.29) is 45.5 Å². The molecule has 2 aliphatic heterocycles. The SMILES string of the molecule is CC(=O)O[C@@H](C1C[C@@H](C)[C@H]2C(O1)[C@H](O)[C@@]1(N)C3CC[C@H]4C(C)(C)[C@@H](O[C@H]5CN(C(CO)C(=O)O)CCO5)CCC45CC35CCC21C)C(C)(C)O. The minimum absolute atomic E-state index is 0.0465. The largest absolute Gasteiger partial charge is 0.480 e. The van der Waals surface area contributed by atoms with E-state index in [0.29, 0.717) is 32.0 Å². The van der Waals surface area contributed by atoms with E-state index in [1.54, 1.807) is 18.7 Å². The Kier molecular flexibility index (Phi) is 8.92. The fourth-order valence-electron chi connectivity index (χ4n) is 13.8. The molecule has 6 N–H and O–H groups in total. The molecular formula is C38H62N2O10. The molecule has 2 spiro atoms. The van der Waals surface area contributed by atoms with E-state index in [9.17, 15) is 30.0 Å². The van der Waals surface area contributed by atoms with E-state index in [1.807, 2.05) is 0 Å². The number of aliphatic carboxylic acids is 1. The summed E-state index contributed by atoms with van der Waals surface area (Å²) in [6, 6.07) is -0.972. The number of rotatable bonds is 8. The lowest BCUT2D eigenvalue weighted by molar-refractivity contribution is -0.249. The highest BCUT2D eigenvalue weighted by molar-refractivity contribution is 5.73. The van der Waals surface area contributed by atoms with Crippen LogP contribution in [0.4, 0.5) is 0 Å². The highest BCUT2D eigenvalue weighted by Crippen LogP contribution is 2.87. The summed E-state index contributed by atoms with van der Waals surface area (Å²) >= 11 is 0. The highest BCUT2D eigenvalue weighted by Gasteiger charge is 2.85. The molecule has 5 aliphatic carbocycles. The molecule has 7 rings (SSSR count). The molecule has 12 nitrogen and oxygen atoms in total. The van der Waals surface area contributed by atoms with Crippen molar-refractivity contribution >= 4 is 11.9 Å². The number of fused-ring (bicyclic) bond motifs is 4. The molecule has 2 saturated heterocycles. The van der Waals surface area contributed by atoms with Crippen LogP contribution in [0.15, 0.2) is 0 Å². The number of esters is 1. The number of ether oxygens (including phenoxy) is 4. The molecule has 0 amide bonds. The molecular weight excluding hydrogens is 644 g/mol. The third-order valence-corrected chi connectivity index (χ3v) is 15.9. The van der Waals surface area contributed by atoms with E-state index in [1.165, 1.54) is 6.92 Å². The normalized spacial score (nSPS) is 49.3. The Balaban J connectivity index is 1.11. The third-order valence-electron chi connectivity index (χ3n) is 15.9. The summed E-state index contributed by atoms with van der Waals surface area (Å²) in [5.74, 6) is -0.758. The van der Waals surface area contributed by atoms with Crippen LogP contribution < -0.4 is 5.73 Å². The Morgan fingerprint density at radius 1 is 1.08 bits per heavy atom. The van der Waals surface area contributed by atoms with Crippen molar-refractivity contribution in [3.8, 4) is 0 Å². The lowest BCUT2D eigenvalue weighted by Gasteiger charge is -2.63. The number of nitrogens with two attached hydrogens (primary N) is 1. The Labute approximate surface area is 296 Å². The Morgan fingerprint density at radius 3 is 2.40 bits per heavy atom. The zero-order valence-electron chi connectivity index (χ0n) is 31.1. The standard InChI is InChI=1S/C38H62N2O10/c1-20-16-23(31(34(5,6)46)48-21(2)42)49-29-28(20)35(7)12-13-37-19-36(37)11-10-26(50-27-17-40(14-15-47-27)22(18-41)32(44)45)33(3,4)24(36)8-9-25(37)38(35,39)30(29)43/h20,22-31,41,43,46H,8-19,39H2,1-7H3,(H,44,45)/t20-,22?,23?,24+,25?,26+,27+,28+,29?,30+,31+,35?,36?,37?,38+/m1/s1. The molecule has 0 aromatic rings. The summed E-state index contributed by atoms with van der Waals surface area (Å²) in [5.41, 5.74) is 5.29. The van der Waals surface area contributed by atoms with Gasteiger partial charge in [0.15, 0.2) is 12.4 Å². The van der Waals surface area contributed by atoms with Gasteiger partial charge in [0.25, 0.3) is 0 Å². The van der Waals surface area contributed by atoms with Gasteiger partial charge in [0.2, 0.25) is 0 Å². The van der Waals surface area contributed by atoms with Crippen LogP contribution in [0.3, 0.4) is 0 Å². The molecule has 0 radical (unpaired) electrons. The van der Waals surface area contributed by atoms with Gasteiger partial charge in [-0.1, -0.05) is 27.7 Å². The van der Waals surface area contributed by atoms with Crippen LogP contribution in [0, 0.1) is 45.3 Å². The predicted octanol–water partition coefficient (Wildman–Crippen LogP) is 2.68. The molecule has 50 heavy (non-hydrogen) atoms. The van der Waals surface area contributed by atoms with Gasteiger partial charge in [-0.15, -0.1) is 0 Å². The summed E-state index contributed by atoms with van der Waals surface area (Å²) in [4.78, 5) is 25.5. The predicted molar refractivity (Wildman–Crippen MR) is 181 cm³/mol. The number of aliphatic hydroxyl groups is 3. The van der Waals surface area contributed by atoms with Crippen molar-refractivity contribution in [1.82, 2.24) is 4.90 Å². The van der Waals surface area contributed by atoms with Crippen LogP contribution in [-0.2, 0) is 28.5 Å². The van der Waals surface area contributed by atoms with Crippen molar-refractivity contribution in [1.29, 1.82) is 0 Å². The van der Waals surface area contributed by atoms with Crippen molar-refractivity contribution in [2.24, 2.45) is 51.1 Å². The molecule has 0 aromatic heterocycles. The lowest BCUT2D eigenvalue weighted by atomic mass is 9.43. The topological polar surface area (TPSA) is 181 Å². The van der Waals surface area contributed by atoms with Gasteiger partial charge in [0.05, 0.1) is 55.3 Å². The number of hydrogen-bond donors (Lipinski definition) is 5. The first-order valence-electron chi connectivity index (χ1n) is 19.2. The van der Waals surface area contributed by atoms with Gasteiger partial charge in [0, 0.05) is 13.5 Å². The summed E-state index contributed by atoms with van der Waals surface area (Å²) < 4.78 is 25.1. The van der Waals surface area contributed by atoms with E-state index in [0.717, 1.165) is 44.9 Å². The number of hydrogen-bond acceptors (Lipinski definition) is 11. The summed E-state index contributed by atoms with van der Waals surface area (Å²) in [6.07, 6.45) is 4.12. The second kappa shape index (κ2) is 12.1. The van der Waals surface area contributed by atoms with Crippen LogP contribution in [0.2, 0.25) is 0 Å². The number of carbonyl (C=O) groups is 2. The zero-order chi connectivity index (χ0) is 36.4. The highest BCUT2D eigenvalue weighted by atomic mass is 16.7.